The number of amides is 2. The zero-order valence-corrected chi connectivity index (χ0v) is 15.6. The van der Waals surface area contributed by atoms with E-state index in [1.54, 1.807) is 20.8 Å². The molecule has 3 N–H and O–H groups in total. The van der Waals surface area contributed by atoms with Crippen LogP contribution in [-0.2, 0) is 20.9 Å². The van der Waals surface area contributed by atoms with Crippen LogP contribution in [-0.4, -0.2) is 45.0 Å². The standard InChI is InChI=1S/C16H21N3O6S/c1-15(2,3)25-14(24)19-16(4-5-16)10(20)6-11(21)17-7-12-18-9(8-26-12)13(22)23/h8H,4-7H2,1-3H3,(H,17,21)(H,19,24)(H,22,23). The molecule has 1 aliphatic carbocycles. The number of aromatic nitrogens is 1. The molecule has 0 radical (unpaired) electrons. The molecule has 1 aromatic rings. The highest BCUT2D eigenvalue weighted by atomic mass is 32.1. The van der Waals surface area contributed by atoms with Crippen LogP contribution in [0.4, 0.5) is 4.79 Å². The van der Waals surface area contributed by atoms with Gasteiger partial charge in [-0.3, -0.25) is 9.59 Å². The maximum atomic E-state index is 12.3. The van der Waals surface area contributed by atoms with Gasteiger partial charge >= 0.3 is 12.1 Å². The third kappa shape index (κ3) is 5.51. The normalized spacial score (nSPS) is 15.0. The van der Waals surface area contributed by atoms with E-state index in [1.807, 2.05) is 0 Å². The molecular weight excluding hydrogens is 362 g/mol. The number of aromatic carboxylic acids is 1. The summed E-state index contributed by atoms with van der Waals surface area (Å²) in [5.41, 5.74) is -1.80. The number of thiazole rings is 1. The van der Waals surface area contributed by atoms with Crippen LogP contribution in [0.5, 0.6) is 0 Å². The lowest BCUT2D eigenvalue weighted by Gasteiger charge is -2.22. The number of carbonyl (C=O) groups is 4. The molecule has 2 amide bonds. The summed E-state index contributed by atoms with van der Waals surface area (Å²) in [7, 11) is 0. The molecular formula is C16H21N3O6S. The van der Waals surface area contributed by atoms with Crippen LogP contribution < -0.4 is 10.6 Å². The molecule has 1 fully saturated rings. The van der Waals surface area contributed by atoms with Crippen molar-refractivity contribution in [3.8, 4) is 0 Å². The Hall–Kier alpha value is -2.49. The van der Waals surface area contributed by atoms with Crippen molar-refractivity contribution in [2.45, 2.75) is 57.7 Å². The molecule has 0 unspecified atom stereocenters. The topological polar surface area (TPSA) is 135 Å². The quantitative estimate of drug-likeness (QED) is 0.607. The minimum absolute atomic E-state index is 0.0382. The second-order valence-corrected chi connectivity index (χ2v) is 7.96. The highest BCUT2D eigenvalue weighted by Crippen LogP contribution is 2.37. The predicted octanol–water partition coefficient (Wildman–Crippen LogP) is 1.47. The van der Waals surface area contributed by atoms with Crippen LogP contribution in [0.15, 0.2) is 5.38 Å². The molecule has 0 aromatic carbocycles. The van der Waals surface area contributed by atoms with Gasteiger partial charge in [-0.25, -0.2) is 14.6 Å². The lowest BCUT2D eigenvalue weighted by Crippen LogP contribution is -2.46. The summed E-state index contributed by atoms with van der Waals surface area (Å²) in [6.45, 7) is 5.19. The molecule has 26 heavy (non-hydrogen) atoms. The number of rotatable bonds is 7. The molecule has 142 valence electrons. The fourth-order valence-corrected chi connectivity index (χ4v) is 2.85. The van der Waals surface area contributed by atoms with E-state index in [0.29, 0.717) is 17.8 Å². The zero-order valence-electron chi connectivity index (χ0n) is 14.7. The summed E-state index contributed by atoms with van der Waals surface area (Å²) in [5.74, 6) is -2.04. The molecule has 9 nitrogen and oxygen atoms in total. The summed E-state index contributed by atoms with van der Waals surface area (Å²) in [5, 5.41) is 15.7. The fraction of sp³-hybridized carbons (Fsp3) is 0.562. The zero-order chi connectivity index (χ0) is 19.5. The molecule has 0 aliphatic heterocycles. The number of hydrogen-bond acceptors (Lipinski definition) is 7. The number of carboxylic acid groups (broad SMARTS) is 1. The Labute approximate surface area is 154 Å². The Morgan fingerprint density at radius 2 is 1.96 bits per heavy atom. The molecule has 2 rings (SSSR count). The van der Waals surface area contributed by atoms with Crippen molar-refractivity contribution in [2.75, 3.05) is 0 Å². The van der Waals surface area contributed by atoms with Crippen LogP contribution in [0.25, 0.3) is 0 Å². The average Bonchev–Trinajstić information content (AvgIpc) is 3.10. The lowest BCUT2D eigenvalue weighted by molar-refractivity contribution is -0.130. The van der Waals surface area contributed by atoms with Crippen LogP contribution in [0.2, 0.25) is 0 Å². The van der Waals surface area contributed by atoms with Gasteiger partial charge < -0.3 is 20.5 Å². The molecule has 1 saturated carbocycles. The van der Waals surface area contributed by atoms with Crippen molar-refractivity contribution in [1.29, 1.82) is 0 Å². The number of Topliss-reactive ketones (excluding diaryl/α,β-unsaturated/α-hetero) is 1. The maximum absolute atomic E-state index is 12.3. The molecule has 1 heterocycles. The summed E-state index contributed by atoms with van der Waals surface area (Å²) >= 11 is 1.11. The minimum atomic E-state index is -1.14. The van der Waals surface area contributed by atoms with Crippen molar-refractivity contribution in [1.82, 2.24) is 15.6 Å². The molecule has 1 aromatic heterocycles. The first-order valence-corrected chi connectivity index (χ1v) is 8.88. The van der Waals surface area contributed by atoms with E-state index >= 15 is 0 Å². The van der Waals surface area contributed by atoms with E-state index in [2.05, 4.69) is 15.6 Å². The van der Waals surface area contributed by atoms with E-state index in [9.17, 15) is 19.2 Å². The lowest BCUT2D eigenvalue weighted by atomic mass is 10.1. The third-order valence-electron chi connectivity index (χ3n) is 3.55. The summed E-state index contributed by atoms with van der Waals surface area (Å²) in [6, 6.07) is 0. The molecule has 10 heteroatoms. The maximum Gasteiger partial charge on any atom is 0.408 e. The average molecular weight is 383 g/mol. The number of hydrogen-bond donors (Lipinski definition) is 3. The predicted molar refractivity (Wildman–Crippen MR) is 91.9 cm³/mol. The van der Waals surface area contributed by atoms with E-state index in [-0.39, 0.29) is 24.4 Å². The number of nitrogens with one attached hydrogen (secondary N) is 2. The largest absolute Gasteiger partial charge is 0.476 e. The minimum Gasteiger partial charge on any atom is -0.476 e. The Bertz CT molecular complexity index is 733. The van der Waals surface area contributed by atoms with E-state index < -0.39 is 29.1 Å². The molecule has 0 saturated heterocycles. The fourth-order valence-electron chi connectivity index (χ4n) is 2.14. The van der Waals surface area contributed by atoms with E-state index in [0.717, 1.165) is 11.3 Å². The SMILES string of the molecule is CC(C)(C)OC(=O)NC1(C(=O)CC(=O)NCc2nc(C(=O)O)cs2)CC1. The van der Waals surface area contributed by atoms with Gasteiger partial charge in [-0.1, -0.05) is 0 Å². The second kappa shape index (κ2) is 7.40. The Balaban J connectivity index is 1.81. The van der Waals surface area contributed by atoms with Crippen molar-refractivity contribution in [3.05, 3.63) is 16.1 Å². The van der Waals surface area contributed by atoms with Gasteiger partial charge in [-0.15, -0.1) is 11.3 Å². The van der Waals surface area contributed by atoms with Gasteiger partial charge in [-0.05, 0) is 33.6 Å². The second-order valence-electron chi connectivity index (χ2n) is 7.02. The van der Waals surface area contributed by atoms with Gasteiger partial charge in [0.1, 0.15) is 16.1 Å². The number of ether oxygens (including phenoxy) is 1. The van der Waals surface area contributed by atoms with Gasteiger partial charge in [0.05, 0.1) is 13.0 Å². The van der Waals surface area contributed by atoms with Gasteiger partial charge in [0, 0.05) is 5.38 Å². The molecule has 0 atom stereocenters. The number of ketones is 1. The summed E-state index contributed by atoms with van der Waals surface area (Å²) in [4.78, 5) is 50.7. The van der Waals surface area contributed by atoms with Crippen LogP contribution >= 0.6 is 11.3 Å². The van der Waals surface area contributed by atoms with Gasteiger partial charge in [0.25, 0.3) is 0 Å². The van der Waals surface area contributed by atoms with Crippen LogP contribution in [0.3, 0.4) is 0 Å². The first-order chi connectivity index (χ1) is 12.0. The van der Waals surface area contributed by atoms with Gasteiger partial charge in [-0.2, -0.15) is 0 Å². The Kier molecular flexibility index (Phi) is 5.65. The van der Waals surface area contributed by atoms with Gasteiger partial charge in [0.15, 0.2) is 11.5 Å². The number of nitrogens with zero attached hydrogens (tertiary/aromatic N) is 1. The molecule has 0 bridgehead atoms. The van der Waals surface area contributed by atoms with Crippen molar-refractivity contribution in [2.24, 2.45) is 0 Å². The Morgan fingerprint density at radius 1 is 1.31 bits per heavy atom. The van der Waals surface area contributed by atoms with Crippen LogP contribution in [0.1, 0.15) is 55.5 Å². The third-order valence-corrected chi connectivity index (χ3v) is 4.40. The number of alkyl carbamates (subject to hydrolysis) is 1. The van der Waals surface area contributed by atoms with Crippen LogP contribution in [0, 0.1) is 0 Å². The highest BCUT2D eigenvalue weighted by Gasteiger charge is 2.51. The molecule has 1 aliphatic rings. The summed E-state index contributed by atoms with van der Waals surface area (Å²) in [6.07, 6.45) is -0.139. The monoisotopic (exact) mass is 383 g/mol. The van der Waals surface area contributed by atoms with Crippen molar-refractivity contribution in [3.63, 3.8) is 0 Å². The van der Waals surface area contributed by atoms with E-state index in [1.165, 1.54) is 5.38 Å². The number of carbonyl (C=O) groups excluding carboxylic acids is 3. The van der Waals surface area contributed by atoms with E-state index in [4.69, 9.17) is 9.84 Å². The summed E-state index contributed by atoms with van der Waals surface area (Å²) < 4.78 is 5.14. The van der Waals surface area contributed by atoms with Crippen molar-refractivity contribution < 1.29 is 29.0 Å². The molecule has 0 spiro atoms. The smallest absolute Gasteiger partial charge is 0.408 e. The van der Waals surface area contributed by atoms with Crippen molar-refractivity contribution >= 4 is 35.1 Å². The number of carboxylic acids is 1. The highest BCUT2D eigenvalue weighted by molar-refractivity contribution is 7.09. The first kappa shape index (κ1) is 19.8. The first-order valence-electron chi connectivity index (χ1n) is 8.00. The van der Waals surface area contributed by atoms with Gasteiger partial charge in [0.2, 0.25) is 5.91 Å². The Morgan fingerprint density at radius 3 is 2.46 bits per heavy atom.